The summed E-state index contributed by atoms with van der Waals surface area (Å²) in [6.45, 7) is 0. The Bertz CT molecular complexity index is 1090. The molecule has 0 saturated heterocycles. The summed E-state index contributed by atoms with van der Waals surface area (Å²) in [6, 6.07) is 10.3. The fourth-order valence-corrected chi connectivity index (χ4v) is 3.82. The van der Waals surface area contributed by atoms with Gasteiger partial charge in [-0.1, -0.05) is 11.6 Å². The Morgan fingerprint density at radius 1 is 0.966 bits per heavy atom. The number of halogens is 3. The molecule has 0 amide bonds. The van der Waals surface area contributed by atoms with Gasteiger partial charge in [0.15, 0.2) is 22.5 Å². The minimum Gasteiger partial charge on any atom is -0.506 e. The van der Waals surface area contributed by atoms with Crippen LogP contribution in [0.5, 0.6) is 17.2 Å². The van der Waals surface area contributed by atoms with Crippen molar-refractivity contribution in [1.82, 2.24) is 0 Å². The fourth-order valence-electron chi connectivity index (χ4n) is 2.67. The van der Waals surface area contributed by atoms with Gasteiger partial charge in [0, 0.05) is 29.3 Å². The molecule has 1 unspecified atom stereocenters. The van der Waals surface area contributed by atoms with Crippen LogP contribution in [0.15, 0.2) is 53.4 Å². The van der Waals surface area contributed by atoms with E-state index in [2.05, 4.69) is 4.72 Å². The molecule has 0 spiro atoms. The molecular formula is C20H16ClF2NO4S. The number of anilines is 1. The van der Waals surface area contributed by atoms with Crippen LogP contribution >= 0.6 is 11.6 Å². The van der Waals surface area contributed by atoms with E-state index in [9.17, 15) is 18.1 Å². The number of methoxy groups -OCH3 is 2. The van der Waals surface area contributed by atoms with Gasteiger partial charge in [-0.15, -0.1) is 0 Å². The molecule has 0 aliphatic rings. The van der Waals surface area contributed by atoms with Crippen molar-refractivity contribution in [2.24, 2.45) is 0 Å². The molecule has 0 saturated carbocycles. The van der Waals surface area contributed by atoms with Crippen molar-refractivity contribution in [3.63, 3.8) is 0 Å². The lowest BCUT2D eigenvalue weighted by Crippen LogP contribution is -2.07. The van der Waals surface area contributed by atoms with E-state index < -0.39 is 22.6 Å². The maximum Gasteiger partial charge on any atom is 0.162 e. The monoisotopic (exact) mass is 439 g/mol. The molecule has 2 N–H and O–H groups in total. The highest BCUT2D eigenvalue weighted by Gasteiger charge is 2.20. The summed E-state index contributed by atoms with van der Waals surface area (Å²) in [5.74, 6) is -1.17. The Hall–Kier alpha value is -2.84. The normalized spacial score (nSPS) is 11.8. The van der Waals surface area contributed by atoms with Gasteiger partial charge < -0.3 is 19.3 Å². The van der Waals surface area contributed by atoms with E-state index >= 15 is 0 Å². The smallest absolute Gasteiger partial charge is 0.162 e. The molecule has 3 aromatic rings. The first-order valence-electron chi connectivity index (χ1n) is 8.22. The van der Waals surface area contributed by atoms with Crippen molar-refractivity contribution in [3.8, 4) is 28.4 Å². The van der Waals surface area contributed by atoms with Crippen LogP contribution in [0.25, 0.3) is 11.1 Å². The summed E-state index contributed by atoms with van der Waals surface area (Å²) in [5, 5.41) is 9.88. The molecule has 0 aromatic heterocycles. The second kappa shape index (κ2) is 8.67. The van der Waals surface area contributed by atoms with Crippen LogP contribution in [0.4, 0.5) is 14.5 Å². The maximum atomic E-state index is 14.4. The molecule has 1 atom stereocenters. The van der Waals surface area contributed by atoms with E-state index in [1.54, 1.807) is 0 Å². The first kappa shape index (κ1) is 20.9. The van der Waals surface area contributed by atoms with Gasteiger partial charge in [-0.2, -0.15) is 0 Å². The Labute approximate surface area is 173 Å². The van der Waals surface area contributed by atoms with Gasteiger partial charge in [-0.05, 0) is 30.3 Å². The number of benzene rings is 3. The van der Waals surface area contributed by atoms with Gasteiger partial charge in [0.1, 0.15) is 17.4 Å². The van der Waals surface area contributed by atoms with Gasteiger partial charge in [0.05, 0.1) is 29.8 Å². The molecule has 0 fully saturated rings. The van der Waals surface area contributed by atoms with Crippen LogP contribution in [-0.2, 0) is 11.0 Å². The molecule has 0 bridgehead atoms. The number of phenols is 1. The highest BCUT2D eigenvalue weighted by atomic mass is 35.5. The van der Waals surface area contributed by atoms with Crippen molar-refractivity contribution < 1.29 is 27.6 Å². The second-order valence-electron chi connectivity index (χ2n) is 5.86. The second-order valence-corrected chi connectivity index (χ2v) is 7.45. The van der Waals surface area contributed by atoms with Crippen LogP contribution in [0, 0.1) is 11.6 Å². The van der Waals surface area contributed by atoms with Crippen LogP contribution in [0.2, 0.25) is 5.02 Å². The predicted octanol–water partition coefficient (Wildman–Crippen LogP) is 5.14. The fraction of sp³-hybridized carbons (Fsp3) is 0.100. The molecule has 0 heterocycles. The Balaban J connectivity index is 2.12. The van der Waals surface area contributed by atoms with Crippen LogP contribution in [0.3, 0.4) is 0 Å². The Morgan fingerprint density at radius 2 is 1.66 bits per heavy atom. The van der Waals surface area contributed by atoms with Crippen molar-refractivity contribution in [1.29, 1.82) is 0 Å². The molecule has 3 aromatic carbocycles. The number of hydrogen-bond donors (Lipinski definition) is 2. The lowest BCUT2D eigenvalue weighted by molar-refractivity contribution is 0.354. The number of ether oxygens (including phenoxy) is 2. The van der Waals surface area contributed by atoms with Crippen LogP contribution < -0.4 is 14.2 Å². The average Bonchev–Trinajstić information content (AvgIpc) is 2.69. The van der Waals surface area contributed by atoms with E-state index in [-0.39, 0.29) is 38.3 Å². The lowest BCUT2D eigenvalue weighted by Gasteiger charge is -2.16. The number of nitrogens with one attached hydrogen (secondary N) is 1. The van der Waals surface area contributed by atoms with Gasteiger partial charge >= 0.3 is 0 Å². The first-order chi connectivity index (χ1) is 13.8. The molecule has 0 radical (unpaired) electrons. The van der Waals surface area contributed by atoms with Gasteiger partial charge in [-0.25, -0.2) is 13.0 Å². The zero-order valence-corrected chi connectivity index (χ0v) is 16.9. The number of rotatable bonds is 6. The molecule has 152 valence electrons. The Morgan fingerprint density at radius 3 is 2.28 bits per heavy atom. The van der Waals surface area contributed by atoms with Crippen LogP contribution in [0.1, 0.15) is 0 Å². The minimum absolute atomic E-state index is 0.0384. The maximum absolute atomic E-state index is 14.4. The third kappa shape index (κ3) is 4.44. The number of hydrogen-bond acceptors (Lipinski definition) is 4. The van der Waals surface area contributed by atoms with Crippen molar-refractivity contribution in [3.05, 3.63) is 65.2 Å². The summed E-state index contributed by atoms with van der Waals surface area (Å²) in [7, 11) is 0.924. The molecule has 29 heavy (non-hydrogen) atoms. The summed E-state index contributed by atoms with van der Waals surface area (Å²) in [6.07, 6.45) is 0. The Kier molecular flexibility index (Phi) is 6.24. The van der Waals surface area contributed by atoms with Crippen molar-refractivity contribution in [2.75, 3.05) is 18.9 Å². The quantitative estimate of drug-likeness (QED) is 0.558. The third-order valence-corrected chi connectivity index (χ3v) is 5.54. The van der Waals surface area contributed by atoms with Gasteiger partial charge in [0.25, 0.3) is 0 Å². The van der Waals surface area contributed by atoms with Gasteiger partial charge in [-0.3, -0.25) is 0 Å². The van der Waals surface area contributed by atoms with E-state index in [1.807, 2.05) is 0 Å². The lowest BCUT2D eigenvalue weighted by atomic mass is 10.0. The topological polar surface area (TPSA) is 67.8 Å². The molecule has 9 heteroatoms. The molecule has 0 aliphatic heterocycles. The van der Waals surface area contributed by atoms with E-state index in [4.69, 9.17) is 21.1 Å². The highest BCUT2D eigenvalue weighted by molar-refractivity contribution is 7.86. The van der Waals surface area contributed by atoms with E-state index in [1.165, 1.54) is 50.6 Å². The highest BCUT2D eigenvalue weighted by Crippen LogP contribution is 2.39. The summed E-state index contributed by atoms with van der Waals surface area (Å²) in [5.41, 5.74) is 0.589. The molecule has 0 aliphatic carbocycles. The number of aromatic hydroxyl groups is 1. The summed E-state index contributed by atoms with van der Waals surface area (Å²) in [4.78, 5) is 0.169. The van der Waals surface area contributed by atoms with E-state index in [0.717, 1.165) is 12.1 Å². The van der Waals surface area contributed by atoms with Crippen LogP contribution in [-0.4, -0.2) is 23.5 Å². The number of phenolic OH excluding ortho intramolecular Hbond substituents is 1. The largest absolute Gasteiger partial charge is 0.506 e. The average molecular weight is 440 g/mol. The zero-order valence-electron chi connectivity index (χ0n) is 15.3. The summed E-state index contributed by atoms with van der Waals surface area (Å²) < 4.78 is 54.1. The zero-order chi connectivity index (χ0) is 21.1. The third-order valence-electron chi connectivity index (χ3n) is 4.06. The predicted molar refractivity (Wildman–Crippen MR) is 108 cm³/mol. The molecular weight excluding hydrogens is 424 g/mol. The molecule has 5 nitrogen and oxygen atoms in total. The molecule has 3 rings (SSSR count). The van der Waals surface area contributed by atoms with E-state index in [0.29, 0.717) is 5.69 Å². The SMILES string of the molecule is COc1cc(-c2ccc(F)cc2F)c(S(=O)Nc2ccc(Cl)c(O)c2)cc1OC. The minimum atomic E-state index is -1.90. The summed E-state index contributed by atoms with van der Waals surface area (Å²) >= 11 is 5.79. The standard InChI is InChI=1S/C20H16ClF2NO4S/c1-27-18-9-14(13-5-3-11(22)7-16(13)23)20(10-19(18)28-2)29(26)24-12-4-6-15(21)17(25)8-12/h3-10,24-25H,1-2H3. The van der Waals surface area contributed by atoms with Gasteiger partial charge in [0.2, 0.25) is 0 Å². The van der Waals surface area contributed by atoms with Crippen molar-refractivity contribution in [2.45, 2.75) is 4.90 Å². The van der Waals surface area contributed by atoms with Crippen molar-refractivity contribution >= 4 is 28.3 Å². The first-order valence-corrected chi connectivity index (χ1v) is 9.75.